The summed E-state index contributed by atoms with van der Waals surface area (Å²) in [5.74, 6) is 9.12. The van der Waals surface area contributed by atoms with Crippen molar-refractivity contribution in [1.29, 1.82) is 0 Å². The summed E-state index contributed by atoms with van der Waals surface area (Å²) < 4.78 is 0. The van der Waals surface area contributed by atoms with Crippen LogP contribution in [0.25, 0.3) is 53.9 Å². The first-order chi connectivity index (χ1) is 45.4. The SMILES string of the molecule is CC(C)CCC[C@@H](C)CC(=O)NCCSc1cc2c(SCCNC(=O)C[C@H](C)CCCC(C)C)cc3c(SCCNC(=O)C[C@H](C)CCCC(C)C)cc4c(SCCNC(=O)C[C@H](C)CCCC(C)C)cc5c(SCCNC(=O)C[C@H](C)CCCC(C)C)cc1c1c5c4c3c21. The summed E-state index contributed by atoms with van der Waals surface area (Å²) in [6, 6.07) is 12.1. The highest BCUT2D eigenvalue weighted by Crippen LogP contribution is 2.57. The van der Waals surface area contributed by atoms with E-state index in [2.05, 4.69) is 161 Å². The van der Waals surface area contributed by atoms with E-state index in [1.165, 1.54) is 110 Å². The summed E-state index contributed by atoms with van der Waals surface area (Å²) in [4.78, 5) is 73.2. The van der Waals surface area contributed by atoms with Gasteiger partial charge < -0.3 is 26.6 Å². The van der Waals surface area contributed by atoms with Crippen molar-refractivity contribution in [2.75, 3.05) is 61.5 Å². The van der Waals surface area contributed by atoms with E-state index >= 15 is 0 Å². The first kappa shape index (κ1) is 80.5. The highest BCUT2D eigenvalue weighted by atomic mass is 32.2. The minimum absolute atomic E-state index is 0.115. The van der Waals surface area contributed by atoms with Crippen molar-refractivity contribution in [1.82, 2.24) is 26.6 Å². The van der Waals surface area contributed by atoms with Crippen molar-refractivity contribution in [3.8, 4) is 0 Å². The van der Waals surface area contributed by atoms with Gasteiger partial charge in [0.25, 0.3) is 0 Å². The van der Waals surface area contributed by atoms with Crippen molar-refractivity contribution >= 4 is 142 Å². The van der Waals surface area contributed by atoms with Crippen LogP contribution in [0.1, 0.15) is 232 Å². The smallest absolute Gasteiger partial charge is 0.220 e. The lowest BCUT2D eigenvalue weighted by Crippen LogP contribution is -2.27. The molecule has 0 heterocycles. The van der Waals surface area contributed by atoms with E-state index in [4.69, 9.17) is 0 Å². The van der Waals surface area contributed by atoms with Gasteiger partial charge in [-0.05, 0) is 143 Å². The first-order valence-electron chi connectivity index (χ1n) is 37.2. The fraction of sp³-hybridized carbons (Fsp3) is 0.688. The molecule has 0 fully saturated rings. The van der Waals surface area contributed by atoms with E-state index in [1.807, 2.05) is 58.8 Å². The molecule has 15 heteroatoms. The number of rotatable bonds is 50. The van der Waals surface area contributed by atoms with E-state index < -0.39 is 0 Å². The molecule has 95 heavy (non-hydrogen) atoms. The number of hydrogen-bond acceptors (Lipinski definition) is 10. The zero-order chi connectivity index (χ0) is 69.1. The van der Waals surface area contributed by atoms with Crippen LogP contribution in [0.3, 0.4) is 0 Å². The van der Waals surface area contributed by atoms with Crippen LogP contribution in [-0.4, -0.2) is 91.0 Å². The summed E-state index contributed by atoms with van der Waals surface area (Å²) in [6.45, 7) is 36.4. The van der Waals surface area contributed by atoms with Crippen LogP contribution in [-0.2, 0) is 24.0 Å². The van der Waals surface area contributed by atoms with Gasteiger partial charge in [0.05, 0.1) is 0 Å². The number of thioether (sulfide) groups is 5. The standard InChI is InChI=1S/C80H125N5O5S5/c1-51(2)21-16-26-56(11)41-71(86)81-31-36-91-66-46-62-68(93-38-33-83-73(88)43-58(13)28-18-23-53(5)6)48-64-70(95-40-35-85-75(90)45-60(15)30-20-25-55(9)10)50-65-69(94-39-34-84-74(89)44-59(14)29-19-24-54(7)8)49-63-67(47-61(66)76-77(62)79(64)80(65)78(63)76)92-37-32-82-72(87)42-57(12)27-17-22-52(3)4/h46-60H,16-45H2,1-15H3,(H,81,86)(H,82,87)(H,83,88)(H,84,89)(H,85,90)/t56-,57-,58-,59-,60-/m1/s1. The molecule has 0 unspecified atom stereocenters. The molecule has 5 amide bonds. The van der Waals surface area contributed by atoms with Crippen LogP contribution in [0.4, 0.5) is 0 Å². The van der Waals surface area contributed by atoms with E-state index in [0.29, 0.717) is 153 Å². The summed E-state index contributed by atoms with van der Waals surface area (Å²) in [6.07, 6.45) is 19.6. The number of benzene rings is 5. The van der Waals surface area contributed by atoms with Gasteiger partial charge in [0.2, 0.25) is 29.5 Å². The number of carbonyl (C=O) groups is 5. The molecule has 0 aliphatic rings. The summed E-state index contributed by atoms with van der Waals surface area (Å²) >= 11 is 9.08. The molecule has 6 aromatic rings. The Hall–Kier alpha value is -3.50. The van der Waals surface area contributed by atoms with Gasteiger partial charge in [0.1, 0.15) is 0 Å². The van der Waals surface area contributed by atoms with Gasteiger partial charge in [0.15, 0.2) is 0 Å². The Morgan fingerprint density at radius 2 is 0.421 bits per heavy atom. The van der Waals surface area contributed by atoms with E-state index in [0.717, 1.165) is 64.2 Å². The lowest BCUT2D eigenvalue weighted by atomic mass is 9.97. The Morgan fingerprint density at radius 3 is 0.568 bits per heavy atom. The molecule has 10 nitrogen and oxygen atoms in total. The van der Waals surface area contributed by atoms with Crippen LogP contribution in [0.15, 0.2) is 54.8 Å². The molecule has 0 bridgehead atoms. The maximum atomic E-state index is 13.5. The molecular formula is C80H125N5O5S5. The molecule has 0 aliphatic heterocycles. The maximum Gasteiger partial charge on any atom is 0.220 e. The van der Waals surface area contributed by atoms with Crippen molar-refractivity contribution < 1.29 is 24.0 Å². The number of amides is 5. The largest absolute Gasteiger partial charge is 0.355 e. The van der Waals surface area contributed by atoms with E-state index in [1.54, 1.807) is 0 Å². The lowest BCUT2D eigenvalue weighted by Gasteiger charge is -2.17. The molecule has 0 aliphatic carbocycles. The predicted molar refractivity (Wildman–Crippen MR) is 419 cm³/mol. The van der Waals surface area contributed by atoms with Crippen LogP contribution in [0, 0.1) is 59.2 Å². The number of hydrogen-bond donors (Lipinski definition) is 5. The Morgan fingerprint density at radius 1 is 0.263 bits per heavy atom. The molecule has 0 aromatic heterocycles. The van der Waals surface area contributed by atoms with Gasteiger partial charge in [-0.25, -0.2) is 0 Å². The Balaban J connectivity index is 1.42. The molecule has 0 spiro atoms. The molecule has 6 aromatic carbocycles. The quantitative estimate of drug-likeness (QED) is 0.0142. The zero-order valence-electron chi connectivity index (χ0n) is 61.5. The van der Waals surface area contributed by atoms with Crippen LogP contribution >= 0.6 is 58.8 Å². The maximum absolute atomic E-state index is 13.5. The number of nitrogens with one attached hydrogen (secondary N) is 5. The normalized spacial score (nSPS) is 13.9. The van der Waals surface area contributed by atoms with Crippen molar-refractivity contribution in [3.05, 3.63) is 30.3 Å². The van der Waals surface area contributed by atoms with Gasteiger partial charge in [-0.15, -0.1) is 58.8 Å². The van der Waals surface area contributed by atoms with E-state index in [9.17, 15) is 24.0 Å². The van der Waals surface area contributed by atoms with Gasteiger partial charge in [-0.1, -0.05) is 200 Å². The first-order valence-corrected chi connectivity index (χ1v) is 42.1. The monoisotopic (exact) mass is 1400 g/mol. The average Bonchev–Trinajstić information content (AvgIpc) is 1.52. The van der Waals surface area contributed by atoms with Gasteiger partial charge in [-0.3, -0.25) is 24.0 Å². The minimum Gasteiger partial charge on any atom is -0.355 e. The number of carbonyl (C=O) groups excluding carboxylic acids is 5. The van der Waals surface area contributed by atoms with Gasteiger partial charge >= 0.3 is 0 Å². The fourth-order valence-electron chi connectivity index (χ4n) is 13.5. The molecule has 0 saturated heterocycles. The molecule has 530 valence electrons. The lowest BCUT2D eigenvalue weighted by molar-refractivity contribution is -0.122. The summed E-state index contributed by atoms with van der Waals surface area (Å²) in [5, 5.41) is 28.8. The van der Waals surface area contributed by atoms with E-state index in [-0.39, 0.29) is 29.5 Å². The zero-order valence-corrected chi connectivity index (χ0v) is 65.5. The topological polar surface area (TPSA) is 146 Å². The third kappa shape index (κ3) is 27.2. The second kappa shape index (κ2) is 41.9. The molecule has 0 radical (unpaired) electrons. The third-order valence-electron chi connectivity index (χ3n) is 18.8. The molecule has 5 atom stereocenters. The fourth-order valence-corrected chi connectivity index (χ4v) is 18.2. The van der Waals surface area contributed by atoms with Crippen LogP contribution in [0.2, 0.25) is 0 Å². The van der Waals surface area contributed by atoms with Crippen molar-refractivity contribution in [2.24, 2.45) is 59.2 Å². The highest BCUT2D eigenvalue weighted by molar-refractivity contribution is 8.00. The molecular weight excluding hydrogens is 1270 g/mol. The summed E-state index contributed by atoms with van der Waals surface area (Å²) in [5.41, 5.74) is 0. The second-order valence-electron chi connectivity index (χ2n) is 30.6. The predicted octanol–water partition coefficient (Wildman–Crippen LogP) is 21.1. The van der Waals surface area contributed by atoms with Gasteiger partial charge in [0, 0.05) is 118 Å². The van der Waals surface area contributed by atoms with Crippen molar-refractivity contribution in [3.63, 3.8) is 0 Å². The van der Waals surface area contributed by atoms with Crippen molar-refractivity contribution in [2.45, 2.75) is 257 Å². The Labute approximate surface area is 596 Å². The Kier molecular flexibility index (Phi) is 35.5. The average molecular weight is 1400 g/mol. The Bertz CT molecular complexity index is 2750. The van der Waals surface area contributed by atoms with Crippen LogP contribution < -0.4 is 26.6 Å². The third-order valence-corrected chi connectivity index (χ3v) is 24.1. The van der Waals surface area contributed by atoms with Crippen LogP contribution in [0.5, 0.6) is 0 Å². The molecule has 6 rings (SSSR count). The molecule has 0 saturated carbocycles. The highest BCUT2D eigenvalue weighted by Gasteiger charge is 2.29. The summed E-state index contributed by atoms with van der Waals surface area (Å²) in [7, 11) is 0. The van der Waals surface area contributed by atoms with Gasteiger partial charge in [-0.2, -0.15) is 0 Å². The molecule has 5 N–H and O–H groups in total. The minimum atomic E-state index is 0.115. The second-order valence-corrected chi connectivity index (χ2v) is 36.3.